The zero-order valence-electron chi connectivity index (χ0n) is 13.4. The van der Waals surface area contributed by atoms with E-state index in [2.05, 4.69) is 25.5 Å². The summed E-state index contributed by atoms with van der Waals surface area (Å²) in [6.07, 6.45) is 0.740. The number of ether oxygens (including phenoxy) is 1. The molecule has 0 aliphatic rings. The molecule has 1 aromatic heterocycles. The maximum atomic E-state index is 13.9. The highest BCUT2D eigenvalue weighted by atomic mass is 32.1. The maximum absolute atomic E-state index is 13.9. The lowest BCUT2D eigenvalue weighted by molar-refractivity contribution is 0.0966. The summed E-state index contributed by atoms with van der Waals surface area (Å²) in [6, 6.07) is 0. The van der Waals surface area contributed by atoms with E-state index in [-0.39, 0.29) is 5.95 Å². The topological polar surface area (TPSA) is 94.0 Å². The van der Waals surface area contributed by atoms with Crippen LogP contribution in [0.1, 0.15) is 23.7 Å². The van der Waals surface area contributed by atoms with Crippen LogP contribution in [0.25, 0.3) is 0 Å². The number of amides is 1. The predicted octanol–water partition coefficient (Wildman–Crippen LogP) is 1.77. The average molecular weight is 392 g/mol. The van der Waals surface area contributed by atoms with E-state index in [0.717, 1.165) is 13.5 Å². The van der Waals surface area contributed by atoms with Gasteiger partial charge >= 0.3 is 0 Å². The van der Waals surface area contributed by atoms with Crippen LogP contribution in [-0.4, -0.2) is 38.3 Å². The summed E-state index contributed by atoms with van der Waals surface area (Å²) in [5.41, 5.74) is -1.49. The fraction of sp³-hybridized carbons (Fsp3) is 0.308. The van der Waals surface area contributed by atoms with Crippen LogP contribution in [0.15, 0.2) is 0 Å². The first-order chi connectivity index (χ1) is 12.3. The molecular weight excluding hydrogens is 380 g/mol. The molecule has 1 amide bonds. The van der Waals surface area contributed by atoms with Crippen molar-refractivity contribution in [3.05, 3.63) is 28.8 Å². The largest absolute Gasteiger partial charge is 0.491 e. The number of hydrogen-bond donors (Lipinski definition) is 2. The van der Waals surface area contributed by atoms with Crippen LogP contribution in [0.3, 0.4) is 0 Å². The minimum Gasteiger partial charge on any atom is -0.491 e. The average Bonchev–Trinajstić information content (AvgIpc) is 3.01. The summed E-state index contributed by atoms with van der Waals surface area (Å²) in [7, 11) is 0.817. The van der Waals surface area contributed by atoms with Crippen molar-refractivity contribution >= 4 is 29.2 Å². The zero-order chi connectivity index (χ0) is 19.4. The van der Waals surface area contributed by atoms with E-state index in [4.69, 9.17) is 12.2 Å². The molecule has 26 heavy (non-hydrogen) atoms. The molecule has 0 aliphatic heterocycles. The van der Waals surface area contributed by atoms with E-state index in [0.29, 0.717) is 6.54 Å². The highest BCUT2D eigenvalue weighted by Gasteiger charge is 2.30. The number of methoxy groups -OCH3 is 1. The minimum atomic E-state index is -1.92. The Balaban J connectivity index is 2.17. The van der Waals surface area contributed by atoms with Gasteiger partial charge in [0.25, 0.3) is 11.9 Å². The first kappa shape index (κ1) is 19.5. The highest BCUT2D eigenvalue weighted by molar-refractivity contribution is 7.80. The molecule has 2 aromatic rings. The van der Waals surface area contributed by atoms with Crippen LogP contribution >= 0.6 is 12.2 Å². The fourth-order valence-corrected chi connectivity index (χ4v) is 2.06. The second-order valence-electron chi connectivity index (χ2n) is 4.78. The molecule has 0 unspecified atom stereocenters. The van der Waals surface area contributed by atoms with Crippen molar-refractivity contribution < 1.29 is 27.1 Å². The Labute approximate surface area is 149 Å². The molecule has 0 radical (unpaired) electrons. The molecule has 0 aliphatic carbocycles. The fourth-order valence-electron chi connectivity index (χ4n) is 1.88. The molecule has 0 atom stereocenters. The molecule has 0 saturated carbocycles. The van der Waals surface area contributed by atoms with Gasteiger partial charge in [0.1, 0.15) is 5.56 Å². The number of rotatable bonds is 5. The summed E-state index contributed by atoms with van der Waals surface area (Å²) in [5.74, 6) is -10.4. The molecule has 2 rings (SSSR count). The van der Waals surface area contributed by atoms with Gasteiger partial charge in [0, 0.05) is 0 Å². The first-order valence-electron chi connectivity index (χ1n) is 7.10. The van der Waals surface area contributed by atoms with E-state index >= 15 is 0 Å². The highest BCUT2D eigenvalue weighted by Crippen LogP contribution is 2.29. The van der Waals surface area contributed by atoms with Crippen molar-refractivity contribution in [1.29, 1.82) is 0 Å². The van der Waals surface area contributed by atoms with Gasteiger partial charge in [0.15, 0.2) is 22.5 Å². The van der Waals surface area contributed by atoms with E-state index in [1.54, 1.807) is 0 Å². The molecule has 1 aromatic carbocycles. The Hall–Kier alpha value is -2.83. The quantitative estimate of drug-likeness (QED) is 0.455. The maximum Gasteiger partial charge on any atom is 0.269 e. The van der Waals surface area contributed by atoms with Crippen molar-refractivity contribution in [3.8, 4) is 5.75 Å². The van der Waals surface area contributed by atoms with Gasteiger partial charge in [-0.25, -0.2) is 8.78 Å². The first-order valence-corrected chi connectivity index (χ1v) is 7.51. The number of nitrogens with zero attached hydrogens (tertiary/aromatic N) is 4. The Morgan fingerprint density at radius 3 is 2.35 bits per heavy atom. The second kappa shape index (κ2) is 8.03. The summed E-state index contributed by atoms with van der Waals surface area (Å²) in [4.78, 5) is 13.2. The monoisotopic (exact) mass is 392 g/mol. The molecule has 0 saturated heterocycles. The SMILES string of the molecule is CCCn1nnc(NC(=S)NC(=O)c2c(F)c(F)c(OC)c(F)c2F)n1. The molecule has 0 bridgehead atoms. The molecule has 8 nitrogen and oxygen atoms in total. The molecular formula is C13H12F4N6O2S. The van der Waals surface area contributed by atoms with Crippen LogP contribution in [-0.2, 0) is 6.54 Å². The van der Waals surface area contributed by atoms with Crippen LogP contribution in [0.4, 0.5) is 23.5 Å². The lowest BCUT2D eigenvalue weighted by Crippen LogP contribution is -2.36. The van der Waals surface area contributed by atoms with Gasteiger partial charge in [0.05, 0.1) is 13.7 Å². The third-order valence-electron chi connectivity index (χ3n) is 2.98. The Morgan fingerprint density at radius 1 is 1.19 bits per heavy atom. The summed E-state index contributed by atoms with van der Waals surface area (Å²) in [6.45, 7) is 2.37. The van der Waals surface area contributed by atoms with Gasteiger partial charge in [-0.05, 0) is 23.9 Å². The number of carbonyl (C=O) groups excluding carboxylic acids is 1. The molecule has 140 valence electrons. The van der Waals surface area contributed by atoms with Crippen molar-refractivity contribution in [1.82, 2.24) is 25.5 Å². The Morgan fingerprint density at radius 2 is 1.81 bits per heavy atom. The number of tetrazole rings is 1. The smallest absolute Gasteiger partial charge is 0.269 e. The third kappa shape index (κ3) is 3.87. The number of thiocarbonyl (C=S) groups is 1. The van der Waals surface area contributed by atoms with E-state index < -0.39 is 45.6 Å². The van der Waals surface area contributed by atoms with Crippen LogP contribution in [0, 0.1) is 23.3 Å². The third-order valence-corrected chi connectivity index (χ3v) is 3.19. The number of nitrogens with one attached hydrogen (secondary N) is 2. The molecule has 13 heteroatoms. The van der Waals surface area contributed by atoms with Crippen LogP contribution in [0.2, 0.25) is 0 Å². The second-order valence-corrected chi connectivity index (χ2v) is 5.19. The minimum absolute atomic E-state index is 0.0863. The zero-order valence-corrected chi connectivity index (χ0v) is 14.3. The standard InChI is InChI=1S/C13H12F4N6O2S/c1-3-4-23-21-12(20-22-23)19-13(26)18-11(24)5-6(14)8(16)10(25-2)9(17)7(5)15/h3-4H2,1-2H3,(H2,18,19,21,24,26). The number of aromatic nitrogens is 4. The van der Waals surface area contributed by atoms with Gasteiger partial charge < -0.3 is 4.74 Å². The van der Waals surface area contributed by atoms with E-state index in [1.165, 1.54) is 4.80 Å². The molecule has 2 N–H and O–H groups in total. The predicted molar refractivity (Wildman–Crippen MR) is 84.6 cm³/mol. The lowest BCUT2D eigenvalue weighted by Gasteiger charge is -2.11. The molecule has 0 fully saturated rings. The Bertz CT molecular complexity index is 830. The van der Waals surface area contributed by atoms with E-state index in [9.17, 15) is 22.4 Å². The van der Waals surface area contributed by atoms with Gasteiger partial charge in [-0.3, -0.25) is 15.4 Å². The van der Waals surface area contributed by atoms with Crippen LogP contribution in [0.5, 0.6) is 5.75 Å². The van der Waals surface area contributed by atoms with Gasteiger partial charge in [0.2, 0.25) is 11.6 Å². The van der Waals surface area contributed by atoms with E-state index in [1.807, 2.05) is 12.2 Å². The van der Waals surface area contributed by atoms with Crippen LogP contribution < -0.4 is 15.4 Å². The summed E-state index contributed by atoms with van der Waals surface area (Å²) < 4.78 is 59.3. The molecule has 1 heterocycles. The molecule has 0 spiro atoms. The number of benzene rings is 1. The van der Waals surface area contributed by atoms with Gasteiger partial charge in [-0.1, -0.05) is 12.0 Å². The van der Waals surface area contributed by atoms with Crippen molar-refractivity contribution in [2.75, 3.05) is 12.4 Å². The van der Waals surface area contributed by atoms with Crippen molar-refractivity contribution in [2.45, 2.75) is 19.9 Å². The normalized spacial score (nSPS) is 10.5. The number of anilines is 1. The van der Waals surface area contributed by atoms with Crippen molar-refractivity contribution in [2.24, 2.45) is 0 Å². The number of halogens is 4. The Kier molecular flexibility index (Phi) is 6.02. The van der Waals surface area contributed by atoms with Crippen molar-refractivity contribution in [3.63, 3.8) is 0 Å². The summed E-state index contributed by atoms with van der Waals surface area (Å²) >= 11 is 4.77. The number of hydrogen-bond acceptors (Lipinski definition) is 6. The number of carbonyl (C=O) groups is 1. The van der Waals surface area contributed by atoms with Gasteiger partial charge in [-0.2, -0.15) is 13.6 Å². The number of aryl methyl sites for hydroxylation is 1. The lowest BCUT2D eigenvalue weighted by atomic mass is 10.1. The summed E-state index contributed by atoms with van der Waals surface area (Å²) in [5, 5.41) is 14.9. The van der Waals surface area contributed by atoms with Gasteiger partial charge in [-0.15, -0.1) is 5.10 Å².